The summed E-state index contributed by atoms with van der Waals surface area (Å²) >= 11 is 0. The Morgan fingerprint density at radius 3 is 2.18 bits per heavy atom. The van der Waals surface area contributed by atoms with Crippen LogP contribution in [0.25, 0.3) is 0 Å². The monoisotopic (exact) mass is 257 g/mol. The van der Waals surface area contributed by atoms with E-state index in [-0.39, 0.29) is 0 Å². The number of rotatable bonds is 5. The third-order valence-electron chi connectivity index (χ3n) is 2.85. The van der Waals surface area contributed by atoms with Gasteiger partial charge < -0.3 is 10.5 Å². The van der Waals surface area contributed by atoms with Crippen LogP contribution in [0, 0.1) is 0 Å². The van der Waals surface area contributed by atoms with Gasteiger partial charge in [-0.3, -0.25) is 0 Å². The smallest absolute Gasteiger partial charge is 0.152 e. The van der Waals surface area contributed by atoms with Crippen molar-refractivity contribution in [2.45, 2.75) is 24.6 Å². The topological polar surface area (TPSA) is 69.4 Å². The van der Waals surface area contributed by atoms with Gasteiger partial charge in [0.25, 0.3) is 0 Å². The van der Waals surface area contributed by atoms with Crippen LogP contribution in [0.2, 0.25) is 0 Å². The molecule has 17 heavy (non-hydrogen) atoms. The highest BCUT2D eigenvalue weighted by Gasteiger charge is 2.26. The van der Waals surface area contributed by atoms with Crippen LogP contribution < -0.4 is 10.5 Å². The zero-order chi connectivity index (χ0) is 13.1. The SMILES string of the molecule is CC[C@@H]([C@@H](N)c1ccc(OC)cc1)S(C)(=O)=O. The average molecular weight is 257 g/mol. The number of benzene rings is 1. The summed E-state index contributed by atoms with van der Waals surface area (Å²) < 4.78 is 28.2. The van der Waals surface area contributed by atoms with E-state index in [0.29, 0.717) is 6.42 Å². The van der Waals surface area contributed by atoms with Crippen molar-refractivity contribution in [2.75, 3.05) is 13.4 Å². The van der Waals surface area contributed by atoms with Crippen LogP contribution in [-0.2, 0) is 9.84 Å². The average Bonchev–Trinajstić information content (AvgIpc) is 2.28. The fourth-order valence-electron chi connectivity index (χ4n) is 1.86. The molecule has 0 amide bonds. The highest BCUT2D eigenvalue weighted by atomic mass is 32.2. The van der Waals surface area contributed by atoms with Gasteiger partial charge in [0.1, 0.15) is 5.75 Å². The van der Waals surface area contributed by atoms with Crippen LogP contribution in [0.15, 0.2) is 24.3 Å². The third-order valence-corrected chi connectivity index (χ3v) is 4.58. The molecule has 0 spiro atoms. The molecule has 1 rings (SSSR count). The molecule has 0 fully saturated rings. The summed E-state index contributed by atoms with van der Waals surface area (Å²) in [6.45, 7) is 1.83. The summed E-state index contributed by atoms with van der Waals surface area (Å²) in [5.74, 6) is 0.730. The number of nitrogens with two attached hydrogens (primary N) is 1. The normalized spacial score (nSPS) is 15.3. The van der Waals surface area contributed by atoms with Gasteiger partial charge in [0.05, 0.1) is 12.4 Å². The first kappa shape index (κ1) is 14.0. The van der Waals surface area contributed by atoms with Gasteiger partial charge in [-0.25, -0.2) is 8.42 Å². The molecule has 2 N–H and O–H groups in total. The first-order valence-corrected chi connectivity index (χ1v) is 7.44. The Labute approximate surface area is 103 Å². The minimum absolute atomic E-state index is 0.499. The Hall–Kier alpha value is -1.07. The molecular formula is C12H19NO3S. The maximum Gasteiger partial charge on any atom is 0.152 e. The molecule has 0 saturated carbocycles. The van der Waals surface area contributed by atoms with E-state index in [1.54, 1.807) is 31.4 Å². The van der Waals surface area contributed by atoms with Crippen LogP contribution in [0.4, 0.5) is 0 Å². The van der Waals surface area contributed by atoms with Crippen LogP contribution in [-0.4, -0.2) is 27.0 Å². The first-order chi connectivity index (χ1) is 7.90. The number of methoxy groups -OCH3 is 1. The van der Waals surface area contributed by atoms with Gasteiger partial charge in [0, 0.05) is 12.3 Å². The quantitative estimate of drug-likeness (QED) is 0.868. The molecule has 1 aromatic carbocycles. The molecular weight excluding hydrogens is 238 g/mol. The Morgan fingerprint density at radius 1 is 1.29 bits per heavy atom. The lowest BCUT2D eigenvalue weighted by molar-refractivity contribution is 0.414. The molecule has 2 atom stereocenters. The fourth-order valence-corrected chi connectivity index (χ4v) is 3.16. The van der Waals surface area contributed by atoms with E-state index in [2.05, 4.69) is 0 Å². The van der Waals surface area contributed by atoms with Crippen molar-refractivity contribution in [3.05, 3.63) is 29.8 Å². The van der Waals surface area contributed by atoms with Crippen molar-refractivity contribution in [2.24, 2.45) is 5.73 Å². The molecule has 0 aliphatic carbocycles. The molecule has 5 heteroatoms. The summed E-state index contributed by atoms with van der Waals surface area (Å²) in [5.41, 5.74) is 6.82. The molecule has 0 heterocycles. The molecule has 0 saturated heterocycles. The Kier molecular flexibility index (Phi) is 4.54. The molecule has 0 aliphatic rings. The molecule has 0 aliphatic heterocycles. The Bertz CT molecular complexity index is 453. The second-order valence-electron chi connectivity index (χ2n) is 4.08. The largest absolute Gasteiger partial charge is 0.497 e. The van der Waals surface area contributed by atoms with E-state index in [0.717, 1.165) is 11.3 Å². The van der Waals surface area contributed by atoms with Crippen LogP contribution >= 0.6 is 0 Å². The predicted molar refractivity (Wildman–Crippen MR) is 68.8 cm³/mol. The Morgan fingerprint density at radius 2 is 1.82 bits per heavy atom. The van der Waals surface area contributed by atoms with Gasteiger partial charge in [-0.15, -0.1) is 0 Å². The van der Waals surface area contributed by atoms with Gasteiger partial charge in [-0.05, 0) is 24.1 Å². The van der Waals surface area contributed by atoms with Crippen molar-refractivity contribution in [3.63, 3.8) is 0 Å². The van der Waals surface area contributed by atoms with E-state index in [9.17, 15) is 8.42 Å². The summed E-state index contributed by atoms with van der Waals surface area (Å²) in [6.07, 6.45) is 1.73. The van der Waals surface area contributed by atoms with Gasteiger partial charge >= 0.3 is 0 Å². The maximum absolute atomic E-state index is 11.6. The molecule has 0 radical (unpaired) electrons. The molecule has 96 valence electrons. The van der Waals surface area contributed by atoms with Gasteiger partial charge in [-0.2, -0.15) is 0 Å². The second-order valence-corrected chi connectivity index (χ2v) is 6.34. The van der Waals surface area contributed by atoms with Gasteiger partial charge in [-0.1, -0.05) is 19.1 Å². The van der Waals surface area contributed by atoms with Crippen LogP contribution in [0.1, 0.15) is 24.9 Å². The molecule has 0 bridgehead atoms. The summed E-state index contributed by atoms with van der Waals surface area (Å²) in [5, 5.41) is -0.545. The van der Waals surface area contributed by atoms with Gasteiger partial charge in [0.15, 0.2) is 9.84 Å². The second kappa shape index (κ2) is 5.51. The molecule has 0 aromatic heterocycles. The molecule has 1 aromatic rings. The number of sulfone groups is 1. The van der Waals surface area contributed by atoms with Crippen molar-refractivity contribution < 1.29 is 13.2 Å². The number of hydrogen-bond acceptors (Lipinski definition) is 4. The zero-order valence-electron chi connectivity index (χ0n) is 10.4. The highest BCUT2D eigenvalue weighted by Crippen LogP contribution is 2.23. The Balaban J connectivity index is 2.98. The maximum atomic E-state index is 11.6. The van der Waals surface area contributed by atoms with E-state index in [1.807, 2.05) is 6.92 Å². The molecule has 0 unspecified atom stereocenters. The lowest BCUT2D eigenvalue weighted by Gasteiger charge is -2.21. The first-order valence-electron chi connectivity index (χ1n) is 5.48. The van der Waals surface area contributed by atoms with Crippen molar-refractivity contribution in [1.29, 1.82) is 0 Å². The highest BCUT2D eigenvalue weighted by molar-refractivity contribution is 7.91. The van der Waals surface area contributed by atoms with Crippen LogP contribution in [0.3, 0.4) is 0 Å². The van der Waals surface area contributed by atoms with Crippen molar-refractivity contribution in [1.82, 2.24) is 0 Å². The lowest BCUT2D eigenvalue weighted by atomic mass is 10.0. The summed E-state index contributed by atoms with van der Waals surface area (Å²) in [4.78, 5) is 0. The summed E-state index contributed by atoms with van der Waals surface area (Å²) in [6, 6.07) is 6.67. The minimum atomic E-state index is -3.13. The predicted octanol–water partition coefficient (Wildman–Crippen LogP) is 1.52. The third kappa shape index (κ3) is 3.44. The van der Waals surface area contributed by atoms with Gasteiger partial charge in [0.2, 0.25) is 0 Å². The van der Waals surface area contributed by atoms with E-state index in [1.165, 1.54) is 6.26 Å². The van der Waals surface area contributed by atoms with E-state index >= 15 is 0 Å². The standard InChI is InChI=1S/C12H19NO3S/c1-4-11(17(3,14)15)12(13)9-5-7-10(16-2)8-6-9/h5-8,11-12H,4,13H2,1-3H3/t11-,12-/m0/s1. The van der Waals surface area contributed by atoms with Crippen LogP contribution in [0.5, 0.6) is 5.75 Å². The number of ether oxygens (including phenoxy) is 1. The lowest BCUT2D eigenvalue weighted by Crippen LogP contribution is -2.32. The van der Waals surface area contributed by atoms with Crippen molar-refractivity contribution >= 4 is 9.84 Å². The summed E-state index contributed by atoms with van der Waals surface area (Å²) in [7, 11) is -1.55. The van der Waals surface area contributed by atoms with Crippen molar-refractivity contribution in [3.8, 4) is 5.75 Å². The van der Waals surface area contributed by atoms with E-state index in [4.69, 9.17) is 10.5 Å². The minimum Gasteiger partial charge on any atom is -0.497 e. The van der Waals surface area contributed by atoms with E-state index < -0.39 is 21.1 Å². The number of hydrogen-bond donors (Lipinski definition) is 1. The fraction of sp³-hybridized carbons (Fsp3) is 0.500. The molecule has 4 nitrogen and oxygen atoms in total. The zero-order valence-corrected chi connectivity index (χ0v) is 11.2.